The molecule has 6 atom stereocenters. The highest BCUT2D eigenvalue weighted by Crippen LogP contribution is 2.44. The molecule has 4 rings (SSSR count). The van der Waals surface area contributed by atoms with E-state index in [0.29, 0.717) is 0 Å². The Hall–Kier alpha value is -3.55. The summed E-state index contributed by atoms with van der Waals surface area (Å²) in [5.74, 6) is -2.00. The van der Waals surface area contributed by atoms with Crippen molar-refractivity contribution in [1.82, 2.24) is 5.32 Å². The number of esters is 2. The number of methoxy groups -OCH3 is 1. The lowest BCUT2D eigenvalue weighted by molar-refractivity contribution is -0.295. The van der Waals surface area contributed by atoms with Crippen molar-refractivity contribution in [1.29, 1.82) is 0 Å². The zero-order valence-electron chi connectivity index (χ0n) is 23.9. The molecule has 2 aromatic rings. The van der Waals surface area contributed by atoms with Crippen LogP contribution in [0.15, 0.2) is 48.5 Å². The first-order chi connectivity index (χ1) is 19.9. The molecule has 12 nitrogen and oxygen atoms in total. The summed E-state index contributed by atoms with van der Waals surface area (Å²) in [6, 6.07) is 14.2. The van der Waals surface area contributed by atoms with E-state index in [2.05, 4.69) is 5.32 Å². The molecule has 1 saturated heterocycles. The van der Waals surface area contributed by atoms with Crippen molar-refractivity contribution in [2.75, 3.05) is 20.3 Å². The summed E-state index contributed by atoms with van der Waals surface area (Å²) in [6.07, 6.45) is -8.68. The van der Waals surface area contributed by atoms with Crippen molar-refractivity contribution >= 4 is 18.0 Å². The van der Waals surface area contributed by atoms with Crippen LogP contribution < -0.4 is 5.32 Å². The summed E-state index contributed by atoms with van der Waals surface area (Å²) < 4.78 is 26.4. The van der Waals surface area contributed by atoms with E-state index in [1.807, 2.05) is 48.5 Å². The molecule has 1 fully saturated rings. The third-order valence-corrected chi connectivity index (χ3v) is 7.01. The van der Waals surface area contributed by atoms with E-state index in [9.17, 15) is 29.7 Å². The van der Waals surface area contributed by atoms with Gasteiger partial charge in [0.15, 0.2) is 6.29 Å². The van der Waals surface area contributed by atoms with Crippen LogP contribution in [0.2, 0.25) is 0 Å². The highest BCUT2D eigenvalue weighted by Gasteiger charge is 2.44. The number of amides is 1. The number of fused-ring (bicyclic) bond motifs is 3. The molecular weight excluding hydrogens is 550 g/mol. The fourth-order valence-electron chi connectivity index (χ4n) is 5.00. The zero-order chi connectivity index (χ0) is 30.6. The molecule has 0 bridgehead atoms. The average molecular weight is 588 g/mol. The van der Waals surface area contributed by atoms with E-state index < -0.39 is 73.4 Å². The Balaban J connectivity index is 1.38. The topological polar surface area (TPSA) is 170 Å². The lowest BCUT2D eigenvalue weighted by Crippen LogP contribution is -2.59. The maximum Gasteiger partial charge on any atom is 0.407 e. The van der Waals surface area contributed by atoms with Crippen LogP contribution in [-0.2, 0) is 33.3 Å². The molecule has 4 N–H and O–H groups in total. The number of nitrogens with one attached hydrogen (secondary N) is 1. The first kappa shape index (κ1) is 31.4. The number of hydrogen-bond donors (Lipinski definition) is 4. The molecule has 12 heteroatoms. The lowest BCUT2D eigenvalue weighted by atomic mass is 9.98. The fourth-order valence-corrected chi connectivity index (χ4v) is 5.00. The van der Waals surface area contributed by atoms with Gasteiger partial charge in [-0.1, -0.05) is 48.5 Å². The van der Waals surface area contributed by atoms with Gasteiger partial charge in [-0.15, -0.1) is 0 Å². The van der Waals surface area contributed by atoms with Gasteiger partial charge in [-0.05, 0) is 43.0 Å². The van der Waals surface area contributed by atoms with E-state index in [4.69, 9.17) is 23.7 Å². The van der Waals surface area contributed by atoms with Crippen LogP contribution in [-0.4, -0.2) is 96.0 Å². The van der Waals surface area contributed by atoms with Gasteiger partial charge in [-0.3, -0.25) is 4.79 Å². The summed E-state index contributed by atoms with van der Waals surface area (Å²) in [5.41, 5.74) is 3.23. The lowest BCUT2D eigenvalue weighted by Gasteiger charge is -2.39. The molecule has 1 aliphatic carbocycles. The number of carbonyl (C=O) groups excluding carboxylic acids is 3. The van der Waals surface area contributed by atoms with Crippen molar-refractivity contribution < 1.29 is 53.4 Å². The van der Waals surface area contributed by atoms with E-state index in [1.54, 1.807) is 20.8 Å². The van der Waals surface area contributed by atoms with Gasteiger partial charge >= 0.3 is 18.0 Å². The average Bonchev–Trinajstić information content (AvgIpc) is 3.27. The van der Waals surface area contributed by atoms with Crippen LogP contribution >= 0.6 is 0 Å². The minimum atomic E-state index is -1.60. The summed E-state index contributed by atoms with van der Waals surface area (Å²) in [5, 5.41) is 32.5. The van der Waals surface area contributed by atoms with Crippen LogP contribution in [0.1, 0.15) is 44.2 Å². The SMILES string of the molecule is CO[C@H]1O[C@H](COC(=O)C[C@H](NC(=O)OCC2c3ccccc3-c3ccccc32)C(=O)OC(C)(C)C)[C@@H](O)[C@H](O)[C@@H]1O. The Kier molecular flexibility index (Phi) is 9.85. The summed E-state index contributed by atoms with van der Waals surface area (Å²) in [4.78, 5) is 38.4. The van der Waals surface area contributed by atoms with Gasteiger partial charge < -0.3 is 44.3 Å². The number of alkyl carbamates (subject to hydrolysis) is 1. The molecule has 2 aliphatic rings. The molecule has 0 saturated carbocycles. The van der Waals surface area contributed by atoms with E-state index in [-0.39, 0.29) is 12.5 Å². The predicted molar refractivity (Wildman–Crippen MR) is 147 cm³/mol. The molecular formula is C30H37NO11. The van der Waals surface area contributed by atoms with E-state index in [1.165, 1.54) is 7.11 Å². The minimum Gasteiger partial charge on any atom is -0.463 e. The molecule has 1 amide bonds. The number of carbonyl (C=O) groups is 3. The molecule has 2 aromatic carbocycles. The van der Waals surface area contributed by atoms with Crippen molar-refractivity contribution in [3.05, 3.63) is 59.7 Å². The number of aliphatic hydroxyl groups is 3. The standard InChI is InChI=1S/C30H37NO11/c1-30(2,3)42-27(36)21(13-23(32)39-15-22-24(33)25(34)26(35)28(38-4)41-22)31-29(37)40-14-20-18-11-7-5-9-16(18)17-10-6-8-12-19(17)20/h5-12,20-22,24-26,28,33-35H,13-15H2,1-4H3,(H,31,37)/t21-,22+,24+,25-,26-,28-/m0/s1. The van der Waals surface area contributed by atoms with Gasteiger partial charge in [0.2, 0.25) is 0 Å². The van der Waals surface area contributed by atoms with Crippen molar-refractivity contribution in [2.24, 2.45) is 0 Å². The molecule has 1 heterocycles. The smallest absolute Gasteiger partial charge is 0.407 e. The number of ether oxygens (including phenoxy) is 5. The minimum absolute atomic E-state index is 0.00288. The predicted octanol–water partition coefficient (Wildman–Crippen LogP) is 1.62. The molecule has 0 radical (unpaired) electrons. The second-order valence-electron chi connectivity index (χ2n) is 11.2. The third kappa shape index (κ3) is 7.26. The Morgan fingerprint density at radius 3 is 2.05 bits per heavy atom. The monoisotopic (exact) mass is 587 g/mol. The summed E-state index contributed by atoms with van der Waals surface area (Å²) in [6.45, 7) is 4.40. The molecule has 228 valence electrons. The molecule has 0 aromatic heterocycles. The fraction of sp³-hybridized carbons (Fsp3) is 0.500. The highest BCUT2D eigenvalue weighted by molar-refractivity contribution is 5.86. The summed E-state index contributed by atoms with van der Waals surface area (Å²) >= 11 is 0. The van der Waals surface area contributed by atoms with Gasteiger partial charge in [-0.2, -0.15) is 0 Å². The normalized spacial score (nSPS) is 24.2. The van der Waals surface area contributed by atoms with E-state index in [0.717, 1.165) is 22.3 Å². The second kappa shape index (κ2) is 13.2. The number of rotatable bonds is 9. The first-order valence-corrected chi connectivity index (χ1v) is 13.6. The second-order valence-corrected chi connectivity index (χ2v) is 11.2. The van der Waals surface area contributed by atoms with Crippen molar-refractivity contribution in [3.63, 3.8) is 0 Å². The molecule has 0 unspecified atom stereocenters. The van der Waals surface area contributed by atoms with Gasteiger partial charge in [0, 0.05) is 13.0 Å². The maximum absolute atomic E-state index is 12.9. The Labute approximate surface area is 243 Å². The van der Waals surface area contributed by atoms with Gasteiger partial charge in [0.05, 0.1) is 6.42 Å². The van der Waals surface area contributed by atoms with Gasteiger partial charge in [-0.25, -0.2) is 9.59 Å². The highest BCUT2D eigenvalue weighted by atomic mass is 16.7. The van der Waals surface area contributed by atoms with Crippen LogP contribution in [0, 0.1) is 0 Å². The van der Waals surface area contributed by atoms with Crippen LogP contribution in [0.25, 0.3) is 11.1 Å². The zero-order valence-corrected chi connectivity index (χ0v) is 23.9. The van der Waals surface area contributed by atoms with Crippen molar-refractivity contribution in [2.45, 2.75) is 75.5 Å². The quantitative estimate of drug-likeness (QED) is 0.248. The largest absolute Gasteiger partial charge is 0.463 e. The number of hydrogen-bond acceptors (Lipinski definition) is 11. The Morgan fingerprint density at radius 2 is 1.48 bits per heavy atom. The molecule has 0 spiro atoms. The number of benzene rings is 2. The molecule has 42 heavy (non-hydrogen) atoms. The maximum atomic E-state index is 12.9. The van der Waals surface area contributed by atoms with E-state index >= 15 is 0 Å². The van der Waals surface area contributed by atoms with Gasteiger partial charge in [0.1, 0.15) is 49.3 Å². The third-order valence-electron chi connectivity index (χ3n) is 7.01. The number of aliphatic hydroxyl groups excluding tert-OH is 3. The first-order valence-electron chi connectivity index (χ1n) is 13.6. The van der Waals surface area contributed by atoms with Crippen LogP contribution in [0.4, 0.5) is 4.79 Å². The van der Waals surface area contributed by atoms with Crippen LogP contribution in [0.3, 0.4) is 0 Å². The Bertz CT molecular complexity index is 1230. The van der Waals surface area contributed by atoms with Crippen molar-refractivity contribution in [3.8, 4) is 11.1 Å². The summed E-state index contributed by atoms with van der Waals surface area (Å²) in [7, 11) is 1.24. The Morgan fingerprint density at radius 1 is 0.881 bits per heavy atom. The molecule has 1 aliphatic heterocycles. The van der Waals surface area contributed by atoms with Crippen LogP contribution in [0.5, 0.6) is 0 Å². The van der Waals surface area contributed by atoms with Gasteiger partial charge in [0.25, 0.3) is 0 Å².